The minimum absolute atomic E-state index is 0.0960. The van der Waals surface area contributed by atoms with E-state index >= 15 is 0 Å². The molecule has 2 aromatic rings. The lowest BCUT2D eigenvalue weighted by Crippen LogP contribution is -2.25. The van der Waals surface area contributed by atoms with E-state index in [0.29, 0.717) is 5.58 Å². The van der Waals surface area contributed by atoms with E-state index in [1.54, 1.807) is 6.07 Å². The lowest BCUT2D eigenvalue weighted by Gasteiger charge is -1.98. The standard InChI is InChI=1S/C11H9Br2NO3/c12-7-3-6-4-9(11(16)14-1-2-15)17-10(6)8(13)5-7/h3-5,15H,1-2H2,(H,14,16). The van der Waals surface area contributed by atoms with E-state index in [9.17, 15) is 4.79 Å². The van der Waals surface area contributed by atoms with Gasteiger partial charge in [0.2, 0.25) is 0 Å². The molecule has 0 unspecified atom stereocenters. The largest absolute Gasteiger partial charge is 0.450 e. The van der Waals surface area contributed by atoms with E-state index in [-0.39, 0.29) is 24.8 Å². The number of fused-ring (bicyclic) bond motifs is 1. The van der Waals surface area contributed by atoms with Crippen molar-refractivity contribution in [1.82, 2.24) is 5.32 Å². The molecule has 0 saturated carbocycles. The monoisotopic (exact) mass is 361 g/mol. The molecule has 1 aromatic heterocycles. The first-order chi connectivity index (χ1) is 8.11. The number of benzene rings is 1. The minimum Gasteiger partial charge on any atom is -0.450 e. The van der Waals surface area contributed by atoms with Crippen LogP contribution in [0.15, 0.2) is 31.6 Å². The minimum atomic E-state index is -0.335. The van der Waals surface area contributed by atoms with Gasteiger partial charge in [-0.3, -0.25) is 4.79 Å². The number of halogens is 2. The van der Waals surface area contributed by atoms with Crippen molar-refractivity contribution in [2.45, 2.75) is 0 Å². The zero-order valence-electron chi connectivity index (χ0n) is 8.67. The summed E-state index contributed by atoms with van der Waals surface area (Å²) in [6, 6.07) is 5.38. The average Bonchev–Trinajstić information content (AvgIpc) is 2.69. The molecule has 0 atom stereocenters. The van der Waals surface area contributed by atoms with E-state index < -0.39 is 0 Å². The summed E-state index contributed by atoms with van der Waals surface area (Å²) >= 11 is 6.73. The maximum absolute atomic E-state index is 11.6. The summed E-state index contributed by atoms with van der Waals surface area (Å²) in [6.45, 7) is 0.113. The Kier molecular flexibility index (Phi) is 3.86. The van der Waals surface area contributed by atoms with E-state index in [1.807, 2.05) is 12.1 Å². The number of aliphatic hydroxyl groups excluding tert-OH is 1. The quantitative estimate of drug-likeness (QED) is 0.882. The third-order valence-electron chi connectivity index (χ3n) is 2.16. The fourth-order valence-electron chi connectivity index (χ4n) is 1.44. The van der Waals surface area contributed by atoms with Gasteiger partial charge in [0.25, 0.3) is 5.91 Å². The molecule has 0 radical (unpaired) electrons. The molecule has 17 heavy (non-hydrogen) atoms. The molecule has 0 fully saturated rings. The third-order valence-corrected chi connectivity index (χ3v) is 3.20. The Morgan fingerprint density at radius 2 is 2.12 bits per heavy atom. The number of furan rings is 1. The number of rotatable bonds is 3. The van der Waals surface area contributed by atoms with Crippen LogP contribution in [-0.4, -0.2) is 24.2 Å². The molecule has 6 heteroatoms. The molecule has 2 N–H and O–H groups in total. The van der Waals surface area contributed by atoms with Crippen LogP contribution in [0.1, 0.15) is 10.6 Å². The Bertz CT molecular complexity index is 565. The van der Waals surface area contributed by atoms with Crippen molar-refractivity contribution in [1.29, 1.82) is 0 Å². The van der Waals surface area contributed by atoms with Gasteiger partial charge in [0.1, 0.15) is 5.58 Å². The Morgan fingerprint density at radius 1 is 1.35 bits per heavy atom. The van der Waals surface area contributed by atoms with E-state index in [1.165, 1.54) is 0 Å². The first-order valence-corrected chi connectivity index (χ1v) is 6.48. The molecule has 0 aliphatic rings. The Hall–Kier alpha value is -0.850. The molecule has 2 rings (SSSR count). The van der Waals surface area contributed by atoms with Gasteiger partial charge in [0, 0.05) is 16.4 Å². The smallest absolute Gasteiger partial charge is 0.287 e. The molecule has 0 aliphatic heterocycles. The Balaban J connectivity index is 2.37. The number of nitrogens with one attached hydrogen (secondary N) is 1. The fraction of sp³-hybridized carbons (Fsp3) is 0.182. The predicted octanol–water partition coefficient (Wildman–Crippen LogP) is 2.68. The summed E-state index contributed by atoms with van der Waals surface area (Å²) in [6.07, 6.45) is 0. The highest BCUT2D eigenvalue weighted by Crippen LogP contribution is 2.30. The molecule has 1 heterocycles. The van der Waals surface area contributed by atoms with Crippen LogP contribution >= 0.6 is 31.9 Å². The number of hydrogen-bond acceptors (Lipinski definition) is 3. The van der Waals surface area contributed by atoms with Crippen LogP contribution in [0.5, 0.6) is 0 Å². The van der Waals surface area contributed by atoms with Gasteiger partial charge >= 0.3 is 0 Å². The second-order valence-corrected chi connectivity index (χ2v) is 5.17. The molecule has 0 saturated heterocycles. The molecule has 0 aliphatic carbocycles. The van der Waals surface area contributed by atoms with Gasteiger partial charge in [-0.15, -0.1) is 0 Å². The van der Waals surface area contributed by atoms with Crippen molar-refractivity contribution in [2.75, 3.05) is 13.2 Å². The van der Waals surface area contributed by atoms with Crippen molar-refractivity contribution in [3.8, 4) is 0 Å². The van der Waals surface area contributed by atoms with Gasteiger partial charge in [0.15, 0.2) is 5.76 Å². The summed E-state index contributed by atoms with van der Waals surface area (Å²) in [5, 5.41) is 12.0. The van der Waals surface area contributed by atoms with Gasteiger partial charge < -0.3 is 14.8 Å². The molecule has 90 valence electrons. The van der Waals surface area contributed by atoms with Crippen LogP contribution in [0.4, 0.5) is 0 Å². The normalized spacial score (nSPS) is 10.8. The Morgan fingerprint density at radius 3 is 2.82 bits per heavy atom. The summed E-state index contributed by atoms with van der Waals surface area (Å²) in [4.78, 5) is 11.6. The lowest BCUT2D eigenvalue weighted by molar-refractivity contribution is 0.0919. The lowest BCUT2D eigenvalue weighted by atomic mass is 10.2. The first kappa shape index (κ1) is 12.6. The van der Waals surface area contributed by atoms with Crippen molar-refractivity contribution in [2.24, 2.45) is 0 Å². The third kappa shape index (κ3) is 2.70. The summed E-state index contributed by atoms with van der Waals surface area (Å²) in [5.41, 5.74) is 0.627. The predicted molar refractivity (Wildman–Crippen MR) is 71.0 cm³/mol. The van der Waals surface area contributed by atoms with Crippen molar-refractivity contribution >= 4 is 48.7 Å². The van der Waals surface area contributed by atoms with Crippen LogP contribution in [0.3, 0.4) is 0 Å². The summed E-state index contributed by atoms with van der Waals surface area (Å²) in [7, 11) is 0. The topological polar surface area (TPSA) is 62.5 Å². The SMILES string of the molecule is O=C(NCCO)c1cc2cc(Br)cc(Br)c2o1. The second-order valence-electron chi connectivity index (χ2n) is 3.40. The molecule has 1 aromatic carbocycles. The fourth-order valence-corrected chi connectivity index (χ4v) is 2.78. The van der Waals surface area contributed by atoms with Crippen LogP contribution < -0.4 is 5.32 Å². The first-order valence-electron chi connectivity index (χ1n) is 4.89. The molecule has 0 spiro atoms. The summed E-state index contributed by atoms with van der Waals surface area (Å²) in [5.74, 6) is -0.106. The number of carbonyl (C=O) groups is 1. The second kappa shape index (κ2) is 5.20. The van der Waals surface area contributed by atoms with Gasteiger partial charge in [-0.1, -0.05) is 15.9 Å². The van der Waals surface area contributed by atoms with Gasteiger partial charge in [-0.05, 0) is 34.1 Å². The number of hydrogen-bond donors (Lipinski definition) is 2. The van der Waals surface area contributed by atoms with Gasteiger partial charge in [-0.25, -0.2) is 0 Å². The van der Waals surface area contributed by atoms with Crippen molar-refractivity contribution in [3.05, 3.63) is 32.9 Å². The zero-order valence-corrected chi connectivity index (χ0v) is 11.8. The van der Waals surface area contributed by atoms with Crippen LogP contribution in [-0.2, 0) is 0 Å². The highest BCUT2D eigenvalue weighted by atomic mass is 79.9. The maximum Gasteiger partial charge on any atom is 0.287 e. The van der Waals surface area contributed by atoms with Crippen molar-refractivity contribution in [3.63, 3.8) is 0 Å². The Labute approximate surface area is 114 Å². The molecule has 4 nitrogen and oxygen atoms in total. The zero-order chi connectivity index (χ0) is 12.4. The van der Waals surface area contributed by atoms with Gasteiger partial charge in [0.05, 0.1) is 11.1 Å². The molecule has 0 bridgehead atoms. The van der Waals surface area contributed by atoms with Crippen LogP contribution in [0.25, 0.3) is 11.0 Å². The van der Waals surface area contributed by atoms with E-state index in [2.05, 4.69) is 37.2 Å². The number of aliphatic hydroxyl groups is 1. The highest BCUT2D eigenvalue weighted by Gasteiger charge is 2.13. The summed E-state index contributed by atoms with van der Waals surface area (Å²) < 4.78 is 7.13. The molecular formula is C11H9Br2NO3. The highest BCUT2D eigenvalue weighted by molar-refractivity contribution is 9.11. The van der Waals surface area contributed by atoms with Gasteiger partial charge in [-0.2, -0.15) is 0 Å². The average molecular weight is 363 g/mol. The molecule has 1 amide bonds. The number of amides is 1. The molecular weight excluding hydrogens is 354 g/mol. The van der Waals surface area contributed by atoms with Crippen molar-refractivity contribution < 1.29 is 14.3 Å². The van der Waals surface area contributed by atoms with E-state index in [4.69, 9.17) is 9.52 Å². The van der Waals surface area contributed by atoms with Crippen LogP contribution in [0, 0.1) is 0 Å². The number of carbonyl (C=O) groups excluding carboxylic acids is 1. The maximum atomic E-state index is 11.6. The van der Waals surface area contributed by atoms with Crippen LogP contribution in [0.2, 0.25) is 0 Å². The van der Waals surface area contributed by atoms with E-state index in [0.717, 1.165) is 14.3 Å².